The highest BCUT2D eigenvalue weighted by Crippen LogP contribution is 1.87. The molecule has 0 heterocycles. The summed E-state index contributed by atoms with van der Waals surface area (Å²) in [6.07, 6.45) is 0. The molecular formula is H4B2Cl2Si. The van der Waals surface area contributed by atoms with Gasteiger partial charge in [-0.25, -0.2) is 0 Å². The van der Waals surface area contributed by atoms with E-state index in [2.05, 4.69) is 0 Å². The van der Waals surface area contributed by atoms with Crippen LogP contribution in [-0.2, 0) is 0 Å². The molecule has 0 aromatic rings. The van der Waals surface area contributed by atoms with Gasteiger partial charge in [0.1, 0.15) is 6.76 Å². The van der Waals surface area contributed by atoms with E-state index in [0.29, 0.717) is 0 Å². The Morgan fingerprint density at radius 3 is 1.80 bits per heavy atom. The van der Waals surface area contributed by atoms with Crippen LogP contribution in [-0.4, -0.2) is 21.8 Å². The molecule has 0 unspecified atom stereocenters. The highest BCUT2D eigenvalue weighted by molar-refractivity contribution is 7.63. The predicted molar refractivity (Wildman–Crippen MR) is 34.5 cm³/mol. The topological polar surface area (TPSA) is 0 Å². The Kier molecular flexibility index (Phi) is 3.71. The number of hydrogen-bond acceptors (Lipinski definition) is 0. The quantitative estimate of drug-likeness (QED) is 0.316. The molecule has 5 heteroatoms. The number of halogens is 2. The summed E-state index contributed by atoms with van der Waals surface area (Å²) in [6.45, 7) is 0.975. The molecule has 0 rings (SSSR count). The fourth-order valence-corrected chi connectivity index (χ4v) is 0. The molecule has 0 amide bonds. The first-order valence-corrected chi connectivity index (χ1v) is 5.86. The molecule has 0 saturated heterocycles. The molecule has 0 atom stereocenters. The summed E-state index contributed by atoms with van der Waals surface area (Å²) >= 11 is 10.7. The first-order chi connectivity index (χ1) is 2.27. The first kappa shape index (κ1) is 5.93. The van der Waals surface area contributed by atoms with Crippen molar-refractivity contribution in [2.75, 3.05) is 0 Å². The van der Waals surface area contributed by atoms with E-state index in [0.717, 1.165) is 6.76 Å². The maximum atomic E-state index is 5.37. The fraction of sp³-hybridized carbons (Fsp3) is 0. The van der Waals surface area contributed by atoms with Gasteiger partial charge in [0.25, 0.3) is 0 Å². The molecule has 0 radical (unpaired) electrons. The van der Waals surface area contributed by atoms with Crippen LogP contribution >= 0.6 is 22.2 Å². The van der Waals surface area contributed by atoms with Gasteiger partial charge in [-0.1, -0.05) is 0 Å². The van der Waals surface area contributed by atoms with E-state index >= 15 is 0 Å². The van der Waals surface area contributed by atoms with E-state index in [1.165, 1.54) is 0 Å². The Hall–Kier alpha value is 0.927. The SMILES string of the molecule is BB[SiH](Cl)Cl. The minimum absolute atomic E-state index is 0.975. The van der Waals surface area contributed by atoms with Gasteiger partial charge in [0.2, 0.25) is 0 Å². The van der Waals surface area contributed by atoms with E-state index in [1.807, 2.05) is 7.74 Å². The van der Waals surface area contributed by atoms with Crippen LogP contribution in [0, 0.1) is 0 Å². The normalized spacial score (nSPS) is 8.60. The van der Waals surface area contributed by atoms with Crippen molar-refractivity contribution in [1.29, 1.82) is 0 Å². The van der Waals surface area contributed by atoms with Gasteiger partial charge in [-0.15, -0.1) is 0 Å². The zero-order chi connectivity index (χ0) is 4.28. The molecule has 0 N–H and O–H groups in total. The lowest BCUT2D eigenvalue weighted by Crippen LogP contribution is -2.05. The molecule has 0 aliphatic heterocycles. The number of rotatable bonds is 1. The second kappa shape index (κ2) is 3.13. The zero-order valence-corrected chi connectivity index (χ0v) is 5.71. The van der Waals surface area contributed by atoms with Gasteiger partial charge in [0.15, 0.2) is 7.29 Å². The van der Waals surface area contributed by atoms with E-state index in [9.17, 15) is 0 Å². The Labute approximate surface area is 44.4 Å². The maximum Gasteiger partial charge on any atom is 0.192 e. The summed E-state index contributed by atoms with van der Waals surface area (Å²) in [4.78, 5) is 0. The van der Waals surface area contributed by atoms with E-state index < -0.39 is 7.29 Å². The Bertz CT molecular complexity index is 21.6. The Morgan fingerprint density at radius 2 is 1.80 bits per heavy atom. The van der Waals surface area contributed by atoms with Crippen molar-refractivity contribution in [3.05, 3.63) is 0 Å². The number of hydrogen-bond donors (Lipinski definition) is 0. The highest BCUT2D eigenvalue weighted by atomic mass is 35.7. The van der Waals surface area contributed by atoms with E-state index in [1.54, 1.807) is 0 Å². The molecule has 5 heavy (non-hydrogen) atoms. The van der Waals surface area contributed by atoms with Crippen molar-refractivity contribution >= 4 is 43.9 Å². The van der Waals surface area contributed by atoms with Gasteiger partial charge in [0, 0.05) is 0 Å². The summed E-state index contributed by atoms with van der Waals surface area (Å²) < 4.78 is 0. The van der Waals surface area contributed by atoms with Gasteiger partial charge in [-0.05, 0) is 0 Å². The van der Waals surface area contributed by atoms with Crippen LogP contribution in [0.5, 0.6) is 0 Å². The minimum atomic E-state index is -1.21. The second-order valence-corrected chi connectivity index (χ2v) is 6.23. The molecule has 0 bridgehead atoms. The average molecular weight is 125 g/mol. The molecular weight excluding hydrogens is 121 g/mol. The van der Waals surface area contributed by atoms with Crippen LogP contribution in [0.15, 0.2) is 0 Å². The zero-order valence-electron chi connectivity index (χ0n) is 3.04. The molecule has 0 aromatic heterocycles. The van der Waals surface area contributed by atoms with E-state index in [4.69, 9.17) is 22.2 Å². The largest absolute Gasteiger partial charge is 0.192 e. The van der Waals surface area contributed by atoms with Crippen molar-refractivity contribution in [3.8, 4) is 0 Å². The molecule has 0 nitrogen and oxygen atoms in total. The summed E-state index contributed by atoms with van der Waals surface area (Å²) in [7, 11) is 0.792. The van der Waals surface area contributed by atoms with E-state index in [-0.39, 0.29) is 0 Å². The lowest BCUT2D eigenvalue weighted by molar-refractivity contribution is 3.93. The average Bonchev–Trinajstić information content (AvgIpc) is 1.38. The third-order valence-electron chi connectivity index (χ3n) is 0.309. The van der Waals surface area contributed by atoms with Crippen LogP contribution in [0.1, 0.15) is 0 Å². The smallest absolute Gasteiger partial charge is 0.161 e. The first-order valence-electron chi connectivity index (χ1n) is 1.55. The minimum Gasteiger partial charge on any atom is -0.161 e. The standard InChI is InChI=1S/B2Cl2H4Si/c1-2-5(3)4/h2,5H,1H2. The summed E-state index contributed by atoms with van der Waals surface area (Å²) in [6, 6.07) is 0. The van der Waals surface area contributed by atoms with Crippen LogP contribution in [0.3, 0.4) is 0 Å². The Morgan fingerprint density at radius 1 is 1.60 bits per heavy atom. The lowest BCUT2D eigenvalue weighted by Gasteiger charge is -1.78. The van der Waals surface area contributed by atoms with Crippen molar-refractivity contribution in [2.45, 2.75) is 0 Å². The van der Waals surface area contributed by atoms with Crippen LogP contribution in [0.2, 0.25) is 0 Å². The highest BCUT2D eigenvalue weighted by Gasteiger charge is 1.93. The molecule has 0 aromatic carbocycles. The van der Waals surface area contributed by atoms with Gasteiger partial charge < -0.3 is 0 Å². The maximum absolute atomic E-state index is 5.37. The van der Waals surface area contributed by atoms with Crippen molar-refractivity contribution in [1.82, 2.24) is 0 Å². The molecule has 0 spiro atoms. The summed E-state index contributed by atoms with van der Waals surface area (Å²) in [5, 5.41) is 0. The lowest BCUT2D eigenvalue weighted by atomic mass is 9.78. The predicted octanol–water partition coefficient (Wildman–Crippen LogP) is -0.834. The monoisotopic (exact) mass is 124 g/mol. The molecule has 0 aliphatic carbocycles. The van der Waals surface area contributed by atoms with Crippen LogP contribution in [0.4, 0.5) is 0 Å². The fourth-order valence-electron chi connectivity index (χ4n) is 0. The van der Waals surface area contributed by atoms with Gasteiger partial charge in [-0.3, -0.25) is 0 Å². The summed E-state index contributed by atoms with van der Waals surface area (Å²) in [5.41, 5.74) is 0. The summed E-state index contributed by atoms with van der Waals surface area (Å²) in [5.74, 6) is 0. The van der Waals surface area contributed by atoms with Gasteiger partial charge in [0.05, 0.1) is 7.74 Å². The van der Waals surface area contributed by atoms with Crippen molar-refractivity contribution in [2.24, 2.45) is 0 Å². The third kappa shape index (κ3) is 4.93. The van der Waals surface area contributed by atoms with Crippen molar-refractivity contribution < 1.29 is 0 Å². The van der Waals surface area contributed by atoms with Crippen LogP contribution in [0.25, 0.3) is 0 Å². The van der Waals surface area contributed by atoms with Gasteiger partial charge >= 0.3 is 0 Å². The van der Waals surface area contributed by atoms with Crippen LogP contribution < -0.4 is 0 Å². The second-order valence-electron chi connectivity index (χ2n) is 0.799. The third-order valence-corrected chi connectivity index (χ3v) is 2.78. The molecule has 0 aliphatic rings. The molecule has 0 fully saturated rings. The molecule has 28 valence electrons. The van der Waals surface area contributed by atoms with Crippen molar-refractivity contribution in [3.63, 3.8) is 0 Å². The molecule has 0 saturated carbocycles. The Balaban J connectivity index is 2.54. The van der Waals surface area contributed by atoms with Gasteiger partial charge in [-0.2, -0.15) is 22.2 Å².